The van der Waals surface area contributed by atoms with E-state index in [4.69, 9.17) is 10.2 Å². The molecule has 0 saturated carbocycles. The minimum absolute atomic E-state index is 0.285. The van der Waals surface area contributed by atoms with E-state index in [1.807, 2.05) is 0 Å². The molecule has 0 aliphatic carbocycles. The lowest BCUT2D eigenvalue weighted by molar-refractivity contribution is 0.0686. The lowest BCUT2D eigenvalue weighted by Crippen LogP contribution is -2.05. The summed E-state index contributed by atoms with van der Waals surface area (Å²) in [6.45, 7) is 1.67. The molecule has 0 aromatic heterocycles. The van der Waals surface area contributed by atoms with Crippen molar-refractivity contribution in [2.75, 3.05) is 23.7 Å². The summed E-state index contributed by atoms with van der Waals surface area (Å²) in [5, 5.41) is 24.2. The van der Waals surface area contributed by atoms with Crippen LogP contribution in [0.2, 0.25) is 0 Å². The first-order chi connectivity index (χ1) is 12.1. The topological polar surface area (TPSA) is 98.7 Å². The first-order valence-corrected chi connectivity index (χ1v) is 8.21. The van der Waals surface area contributed by atoms with Gasteiger partial charge in [0.2, 0.25) is 0 Å². The predicted octanol–water partition coefficient (Wildman–Crippen LogP) is 3.78. The number of benzene rings is 2. The van der Waals surface area contributed by atoms with Crippen LogP contribution in [0.25, 0.3) is 0 Å². The molecule has 0 radical (unpaired) electrons. The zero-order valence-corrected chi connectivity index (χ0v) is 13.9. The second kappa shape index (κ2) is 9.32. The third-order valence-electron chi connectivity index (χ3n) is 3.78. The number of rotatable bonds is 10. The van der Waals surface area contributed by atoms with Gasteiger partial charge in [-0.25, -0.2) is 9.59 Å². The molecule has 0 fully saturated rings. The lowest BCUT2D eigenvalue weighted by Gasteiger charge is -2.08. The van der Waals surface area contributed by atoms with Crippen LogP contribution >= 0.6 is 0 Å². The van der Waals surface area contributed by atoms with Crippen LogP contribution in [0.5, 0.6) is 0 Å². The Hall–Kier alpha value is -3.02. The van der Waals surface area contributed by atoms with Crippen molar-refractivity contribution < 1.29 is 19.8 Å². The molecule has 0 spiro atoms. The third-order valence-corrected chi connectivity index (χ3v) is 3.78. The molecule has 0 saturated heterocycles. The highest BCUT2D eigenvalue weighted by Crippen LogP contribution is 2.11. The van der Waals surface area contributed by atoms with Crippen molar-refractivity contribution in [3.63, 3.8) is 0 Å². The Bertz CT molecular complexity index is 635. The van der Waals surface area contributed by atoms with E-state index in [1.54, 1.807) is 48.5 Å². The fourth-order valence-electron chi connectivity index (χ4n) is 2.35. The Morgan fingerprint density at radius 3 is 1.32 bits per heavy atom. The summed E-state index contributed by atoms with van der Waals surface area (Å²) in [5.41, 5.74) is 2.41. The summed E-state index contributed by atoms with van der Waals surface area (Å²) in [6, 6.07) is 13.4. The fraction of sp³-hybridized carbons (Fsp3) is 0.263. The van der Waals surface area contributed by atoms with Gasteiger partial charge in [-0.2, -0.15) is 0 Å². The van der Waals surface area contributed by atoms with Crippen LogP contribution in [0.15, 0.2) is 48.5 Å². The Balaban J connectivity index is 1.57. The van der Waals surface area contributed by atoms with Crippen molar-refractivity contribution in [1.29, 1.82) is 0 Å². The summed E-state index contributed by atoms with van der Waals surface area (Å²) in [7, 11) is 0. The van der Waals surface area contributed by atoms with E-state index < -0.39 is 11.9 Å². The van der Waals surface area contributed by atoms with Gasteiger partial charge in [-0.3, -0.25) is 0 Å². The van der Waals surface area contributed by atoms with Gasteiger partial charge in [-0.05, 0) is 67.8 Å². The lowest BCUT2D eigenvalue weighted by atomic mass is 10.2. The van der Waals surface area contributed by atoms with E-state index >= 15 is 0 Å². The van der Waals surface area contributed by atoms with Crippen LogP contribution in [0.4, 0.5) is 11.4 Å². The number of anilines is 2. The van der Waals surface area contributed by atoms with Crippen LogP contribution < -0.4 is 10.6 Å². The van der Waals surface area contributed by atoms with Crippen molar-refractivity contribution in [1.82, 2.24) is 0 Å². The van der Waals surface area contributed by atoms with E-state index in [1.165, 1.54) is 0 Å². The van der Waals surface area contributed by atoms with E-state index in [0.29, 0.717) is 0 Å². The zero-order valence-electron chi connectivity index (χ0n) is 13.9. The van der Waals surface area contributed by atoms with Gasteiger partial charge in [0.05, 0.1) is 11.1 Å². The van der Waals surface area contributed by atoms with Gasteiger partial charge in [0.25, 0.3) is 0 Å². The van der Waals surface area contributed by atoms with Gasteiger partial charge in [0.15, 0.2) is 0 Å². The summed E-state index contributed by atoms with van der Waals surface area (Å²) >= 11 is 0. The number of hydrogen-bond acceptors (Lipinski definition) is 4. The molecule has 0 atom stereocenters. The molecule has 25 heavy (non-hydrogen) atoms. The molecule has 0 amide bonds. The number of nitrogens with one attached hydrogen (secondary N) is 2. The summed E-state index contributed by atoms with van der Waals surface area (Å²) < 4.78 is 0. The zero-order chi connectivity index (χ0) is 18.1. The number of carbonyl (C=O) groups is 2. The molecule has 2 aromatic rings. The van der Waals surface area contributed by atoms with Crippen LogP contribution in [0, 0.1) is 0 Å². The van der Waals surface area contributed by atoms with Gasteiger partial charge < -0.3 is 20.8 Å². The average Bonchev–Trinajstić information content (AvgIpc) is 2.61. The summed E-state index contributed by atoms with van der Waals surface area (Å²) in [5.74, 6) is -1.84. The molecule has 132 valence electrons. The molecular formula is C19H22N2O4. The Kier molecular flexibility index (Phi) is 6.83. The smallest absolute Gasteiger partial charge is 0.335 e. The van der Waals surface area contributed by atoms with Crippen LogP contribution in [-0.4, -0.2) is 35.2 Å². The molecule has 0 aliphatic heterocycles. The maximum Gasteiger partial charge on any atom is 0.335 e. The Labute approximate surface area is 146 Å². The molecular weight excluding hydrogens is 320 g/mol. The van der Waals surface area contributed by atoms with Gasteiger partial charge in [-0.15, -0.1) is 0 Å². The molecule has 0 heterocycles. The Morgan fingerprint density at radius 2 is 1.00 bits per heavy atom. The van der Waals surface area contributed by atoms with Gasteiger partial charge in [-0.1, -0.05) is 0 Å². The first kappa shape index (κ1) is 18.3. The van der Waals surface area contributed by atoms with Crippen LogP contribution in [0.1, 0.15) is 40.0 Å². The molecule has 2 aromatic carbocycles. The molecule has 4 N–H and O–H groups in total. The quantitative estimate of drug-likeness (QED) is 0.491. The molecule has 0 bridgehead atoms. The number of hydrogen-bond donors (Lipinski definition) is 4. The number of carboxylic acids is 2. The summed E-state index contributed by atoms with van der Waals surface area (Å²) in [6.07, 6.45) is 3.08. The number of unbranched alkanes of at least 4 members (excludes halogenated alkanes) is 2. The Morgan fingerprint density at radius 1 is 0.640 bits per heavy atom. The van der Waals surface area contributed by atoms with Crippen molar-refractivity contribution >= 4 is 23.3 Å². The largest absolute Gasteiger partial charge is 0.478 e. The van der Waals surface area contributed by atoms with Crippen LogP contribution in [0.3, 0.4) is 0 Å². The molecule has 6 heteroatoms. The minimum Gasteiger partial charge on any atom is -0.478 e. The highest BCUT2D eigenvalue weighted by atomic mass is 16.4. The van der Waals surface area contributed by atoms with Crippen molar-refractivity contribution in [3.8, 4) is 0 Å². The maximum absolute atomic E-state index is 10.8. The third kappa shape index (κ3) is 6.18. The van der Waals surface area contributed by atoms with Crippen molar-refractivity contribution in [2.24, 2.45) is 0 Å². The molecule has 2 rings (SSSR count). The van der Waals surface area contributed by atoms with Gasteiger partial charge in [0.1, 0.15) is 0 Å². The van der Waals surface area contributed by atoms with Gasteiger partial charge >= 0.3 is 11.9 Å². The second-order valence-corrected chi connectivity index (χ2v) is 5.68. The first-order valence-electron chi connectivity index (χ1n) is 8.21. The number of aromatic carboxylic acids is 2. The predicted molar refractivity (Wildman–Crippen MR) is 97.6 cm³/mol. The average molecular weight is 342 g/mol. The van der Waals surface area contributed by atoms with Gasteiger partial charge in [0, 0.05) is 24.5 Å². The van der Waals surface area contributed by atoms with E-state index in [2.05, 4.69) is 10.6 Å². The highest BCUT2D eigenvalue weighted by molar-refractivity contribution is 5.88. The van der Waals surface area contributed by atoms with Crippen molar-refractivity contribution in [2.45, 2.75) is 19.3 Å². The fourth-order valence-corrected chi connectivity index (χ4v) is 2.35. The van der Waals surface area contributed by atoms with E-state index in [-0.39, 0.29) is 11.1 Å². The van der Waals surface area contributed by atoms with Crippen molar-refractivity contribution in [3.05, 3.63) is 59.7 Å². The number of carboxylic acid groups (broad SMARTS) is 2. The van der Waals surface area contributed by atoms with E-state index in [0.717, 1.165) is 43.7 Å². The second-order valence-electron chi connectivity index (χ2n) is 5.68. The molecule has 6 nitrogen and oxygen atoms in total. The summed E-state index contributed by atoms with van der Waals surface area (Å²) in [4.78, 5) is 21.5. The molecule has 0 aliphatic rings. The van der Waals surface area contributed by atoms with E-state index in [9.17, 15) is 9.59 Å². The monoisotopic (exact) mass is 342 g/mol. The standard InChI is InChI=1S/C19H22N2O4/c22-18(23)14-4-8-16(9-5-14)20-12-2-1-3-13-21-17-10-6-15(7-11-17)19(24)25/h4-11,20-21H,1-3,12-13H2,(H,22,23)(H,24,25). The minimum atomic E-state index is -0.920. The SMILES string of the molecule is O=C(O)c1ccc(NCCCCCNc2ccc(C(=O)O)cc2)cc1. The normalized spacial score (nSPS) is 10.2. The maximum atomic E-state index is 10.8. The molecule has 0 unspecified atom stereocenters. The van der Waals surface area contributed by atoms with Crippen LogP contribution in [-0.2, 0) is 0 Å². The highest BCUT2D eigenvalue weighted by Gasteiger charge is 2.02.